The Morgan fingerprint density at radius 2 is 1.93 bits per heavy atom. The fourth-order valence-electron chi connectivity index (χ4n) is 2.70. The zero-order chi connectivity index (χ0) is 21.5. The lowest BCUT2D eigenvalue weighted by Crippen LogP contribution is -2.23. The van der Waals surface area contributed by atoms with E-state index in [0.717, 1.165) is 5.56 Å². The number of furan rings is 1. The number of nitrogens with one attached hydrogen (secondary N) is 1. The number of amides is 1. The third kappa shape index (κ3) is 4.96. The van der Waals surface area contributed by atoms with Crippen molar-refractivity contribution in [3.63, 3.8) is 0 Å². The predicted octanol–water partition coefficient (Wildman–Crippen LogP) is 4.61. The minimum atomic E-state index is -0.509. The van der Waals surface area contributed by atoms with Gasteiger partial charge in [0, 0.05) is 18.2 Å². The Balaban J connectivity index is 1.79. The van der Waals surface area contributed by atoms with Crippen LogP contribution in [0.25, 0.3) is 17.4 Å². The van der Waals surface area contributed by atoms with E-state index < -0.39 is 11.9 Å². The van der Waals surface area contributed by atoms with Crippen molar-refractivity contribution in [2.45, 2.75) is 6.54 Å². The lowest BCUT2D eigenvalue weighted by atomic mass is 10.1. The van der Waals surface area contributed by atoms with Crippen molar-refractivity contribution < 1.29 is 18.7 Å². The molecule has 0 aliphatic heterocycles. The van der Waals surface area contributed by atoms with Gasteiger partial charge in [-0.1, -0.05) is 41.9 Å². The molecule has 6 nitrogen and oxygen atoms in total. The highest BCUT2D eigenvalue weighted by molar-refractivity contribution is 6.33. The second kappa shape index (κ2) is 9.59. The van der Waals surface area contributed by atoms with E-state index in [2.05, 4.69) is 5.32 Å². The molecule has 0 fully saturated rings. The maximum atomic E-state index is 12.3. The topological polar surface area (TPSA) is 92.3 Å². The average Bonchev–Trinajstić information content (AvgIpc) is 3.24. The van der Waals surface area contributed by atoms with Crippen LogP contribution in [0.5, 0.6) is 0 Å². The third-order valence-electron chi connectivity index (χ3n) is 4.23. The fourth-order valence-corrected chi connectivity index (χ4v) is 2.91. The molecule has 0 aliphatic rings. The first-order valence-corrected chi connectivity index (χ1v) is 9.31. The first-order chi connectivity index (χ1) is 14.5. The van der Waals surface area contributed by atoms with Gasteiger partial charge >= 0.3 is 5.97 Å². The van der Waals surface area contributed by atoms with Crippen LogP contribution in [0, 0.1) is 11.3 Å². The summed E-state index contributed by atoms with van der Waals surface area (Å²) in [6.07, 6.45) is 1.35. The van der Waals surface area contributed by atoms with E-state index in [9.17, 15) is 14.9 Å². The van der Waals surface area contributed by atoms with E-state index >= 15 is 0 Å². The van der Waals surface area contributed by atoms with Gasteiger partial charge in [0.1, 0.15) is 23.2 Å². The number of carbonyl (C=O) groups excluding carboxylic acids is 2. The molecule has 3 rings (SSSR count). The van der Waals surface area contributed by atoms with Gasteiger partial charge in [0.25, 0.3) is 5.91 Å². The van der Waals surface area contributed by atoms with Crippen molar-refractivity contribution in [1.82, 2.24) is 5.32 Å². The van der Waals surface area contributed by atoms with Crippen molar-refractivity contribution in [3.8, 4) is 17.4 Å². The first-order valence-electron chi connectivity index (χ1n) is 8.94. The predicted molar refractivity (Wildman–Crippen MR) is 112 cm³/mol. The molecule has 0 aliphatic carbocycles. The van der Waals surface area contributed by atoms with Gasteiger partial charge in [0.05, 0.1) is 17.7 Å². The molecular formula is C23H17ClN2O4. The number of ether oxygens (including phenoxy) is 1. The Morgan fingerprint density at radius 1 is 1.17 bits per heavy atom. The van der Waals surface area contributed by atoms with Gasteiger partial charge in [-0.2, -0.15) is 5.26 Å². The molecule has 0 unspecified atom stereocenters. The molecule has 2 aromatic carbocycles. The number of benzene rings is 2. The molecule has 0 bridgehead atoms. The van der Waals surface area contributed by atoms with Crippen molar-refractivity contribution in [2.75, 3.05) is 7.11 Å². The number of rotatable bonds is 6. The molecule has 0 atom stereocenters. The summed E-state index contributed by atoms with van der Waals surface area (Å²) in [5.74, 6) is -0.318. The SMILES string of the molecule is COC(=O)c1ccc(Cl)c(-c2ccc(/C=C(/C#N)C(=O)NCc3ccccc3)o2)c1. The summed E-state index contributed by atoms with van der Waals surface area (Å²) in [5.41, 5.74) is 1.64. The molecule has 7 heteroatoms. The van der Waals surface area contributed by atoms with Crippen molar-refractivity contribution in [1.29, 1.82) is 5.26 Å². The summed E-state index contributed by atoms with van der Waals surface area (Å²) in [7, 11) is 1.29. The summed E-state index contributed by atoms with van der Waals surface area (Å²) in [4.78, 5) is 24.1. The second-order valence-electron chi connectivity index (χ2n) is 6.23. The Bertz CT molecular complexity index is 1140. The number of methoxy groups -OCH3 is 1. The fraction of sp³-hybridized carbons (Fsp3) is 0.0870. The normalized spacial score (nSPS) is 10.9. The molecular weight excluding hydrogens is 404 g/mol. The maximum absolute atomic E-state index is 12.3. The Hall–Kier alpha value is -3.82. The average molecular weight is 421 g/mol. The van der Waals surface area contributed by atoms with E-state index in [1.54, 1.807) is 30.3 Å². The summed E-state index contributed by atoms with van der Waals surface area (Å²) in [5, 5.41) is 12.4. The van der Waals surface area contributed by atoms with Crippen molar-refractivity contribution in [2.24, 2.45) is 0 Å². The number of halogens is 1. The number of nitrogens with zero attached hydrogens (tertiary/aromatic N) is 1. The largest absolute Gasteiger partial charge is 0.465 e. The van der Waals surface area contributed by atoms with Gasteiger partial charge < -0.3 is 14.5 Å². The van der Waals surface area contributed by atoms with Crippen LogP contribution in [0.15, 0.2) is 70.7 Å². The maximum Gasteiger partial charge on any atom is 0.337 e. The molecule has 0 radical (unpaired) electrons. The molecule has 150 valence electrons. The van der Waals surface area contributed by atoms with Gasteiger partial charge in [0.2, 0.25) is 0 Å². The number of nitriles is 1. The lowest BCUT2D eigenvalue weighted by molar-refractivity contribution is -0.117. The Kier molecular flexibility index (Phi) is 6.68. The highest BCUT2D eigenvalue weighted by Crippen LogP contribution is 2.31. The Morgan fingerprint density at radius 3 is 2.63 bits per heavy atom. The van der Waals surface area contributed by atoms with E-state index in [1.807, 2.05) is 36.4 Å². The number of hydrogen-bond donors (Lipinski definition) is 1. The van der Waals surface area contributed by atoms with Crippen LogP contribution in [0.2, 0.25) is 5.02 Å². The zero-order valence-corrected chi connectivity index (χ0v) is 16.8. The molecule has 0 saturated carbocycles. The molecule has 0 saturated heterocycles. The van der Waals surface area contributed by atoms with E-state index in [0.29, 0.717) is 34.2 Å². The van der Waals surface area contributed by atoms with Gasteiger partial charge in [-0.05, 0) is 35.9 Å². The van der Waals surface area contributed by atoms with Crippen LogP contribution in [0.3, 0.4) is 0 Å². The van der Waals surface area contributed by atoms with Crippen LogP contribution >= 0.6 is 11.6 Å². The molecule has 1 aromatic heterocycles. The highest BCUT2D eigenvalue weighted by Gasteiger charge is 2.14. The van der Waals surface area contributed by atoms with E-state index in [1.165, 1.54) is 13.2 Å². The monoisotopic (exact) mass is 420 g/mol. The van der Waals surface area contributed by atoms with Crippen molar-refractivity contribution >= 4 is 29.6 Å². The second-order valence-corrected chi connectivity index (χ2v) is 6.63. The summed E-state index contributed by atoms with van der Waals surface area (Å²) >= 11 is 6.23. The van der Waals surface area contributed by atoms with Gasteiger partial charge in [-0.25, -0.2) is 4.79 Å². The number of hydrogen-bond acceptors (Lipinski definition) is 5. The molecule has 30 heavy (non-hydrogen) atoms. The van der Waals surface area contributed by atoms with Crippen molar-refractivity contribution in [3.05, 3.63) is 88.1 Å². The molecule has 1 amide bonds. The first kappa shape index (κ1) is 20.9. The smallest absolute Gasteiger partial charge is 0.337 e. The minimum absolute atomic E-state index is 0.0961. The molecule has 1 heterocycles. The minimum Gasteiger partial charge on any atom is -0.465 e. The summed E-state index contributed by atoms with van der Waals surface area (Å²) < 4.78 is 10.4. The Labute approximate surface area is 178 Å². The van der Waals surface area contributed by atoms with E-state index in [-0.39, 0.29) is 5.57 Å². The molecule has 1 N–H and O–H groups in total. The quantitative estimate of drug-likeness (QED) is 0.357. The lowest BCUT2D eigenvalue weighted by Gasteiger charge is -2.05. The summed E-state index contributed by atoms with van der Waals surface area (Å²) in [6.45, 7) is 0.304. The number of carbonyl (C=O) groups is 2. The molecule has 0 spiro atoms. The van der Waals surface area contributed by atoms with Crippen LogP contribution in [-0.4, -0.2) is 19.0 Å². The van der Waals surface area contributed by atoms with Crippen LogP contribution in [0.1, 0.15) is 21.7 Å². The number of esters is 1. The van der Waals surface area contributed by atoms with Crippen LogP contribution in [-0.2, 0) is 16.1 Å². The standard InChI is InChI=1S/C23H17ClN2O4/c1-29-23(28)16-7-9-20(24)19(12-16)21-10-8-18(30-21)11-17(13-25)22(27)26-14-15-5-3-2-4-6-15/h2-12H,14H2,1H3,(H,26,27)/b17-11-. The van der Waals surface area contributed by atoms with Crippen LogP contribution in [0.4, 0.5) is 0 Å². The van der Waals surface area contributed by atoms with Crippen LogP contribution < -0.4 is 5.32 Å². The van der Waals surface area contributed by atoms with Gasteiger partial charge in [-0.15, -0.1) is 0 Å². The third-order valence-corrected chi connectivity index (χ3v) is 4.56. The highest BCUT2D eigenvalue weighted by atomic mass is 35.5. The zero-order valence-electron chi connectivity index (χ0n) is 16.0. The van der Waals surface area contributed by atoms with E-state index in [4.69, 9.17) is 20.8 Å². The van der Waals surface area contributed by atoms with Gasteiger partial charge in [-0.3, -0.25) is 4.79 Å². The molecule has 3 aromatic rings. The van der Waals surface area contributed by atoms with Gasteiger partial charge in [0.15, 0.2) is 0 Å². The summed E-state index contributed by atoms with van der Waals surface area (Å²) in [6, 6.07) is 19.2.